The van der Waals surface area contributed by atoms with E-state index in [9.17, 15) is 22.8 Å². The van der Waals surface area contributed by atoms with Crippen molar-refractivity contribution in [3.63, 3.8) is 0 Å². The zero-order valence-electron chi connectivity index (χ0n) is 12.2. The summed E-state index contributed by atoms with van der Waals surface area (Å²) in [5.74, 6) is -1.14. The van der Waals surface area contributed by atoms with Gasteiger partial charge in [-0.05, 0) is 22.2 Å². The summed E-state index contributed by atoms with van der Waals surface area (Å²) >= 11 is 3.10. The van der Waals surface area contributed by atoms with Gasteiger partial charge in [0, 0.05) is 6.42 Å². The number of rotatable bonds is 6. The minimum atomic E-state index is -4.42. The van der Waals surface area contributed by atoms with Crippen LogP contribution in [-0.4, -0.2) is 25.0 Å². The number of alkyl halides is 3. The molecule has 0 aliphatic rings. The fourth-order valence-electron chi connectivity index (χ4n) is 1.80. The molecule has 4 nitrogen and oxygen atoms in total. The average Bonchev–Trinajstić information content (AvgIpc) is 2.44. The Labute approximate surface area is 139 Å². The molecule has 0 spiro atoms. The molecule has 0 bridgehead atoms. The van der Waals surface area contributed by atoms with Crippen LogP contribution in [0.3, 0.4) is 0 Å². The first-order chi connectivity index (χ1) is 10.6. The molecule has 0 heterocycles. The Morgan fingerprint density at radius 2 is 1.87 bits per heavy atom. The zero-order chi connectivity index (χ0) is 17.6. The molecule has 0 saturated carbocycles. The van der Waals surface area contributed by atoms with E-state index in [0.29, 0.717) is 10.0 Å². The lowest BCUT2D eigenvalue weighted by atomic mass is 10.1. The number of hydrogen-bond acceptors (Lipinski definition) is 3. The Balaban J connectivity index is 2.70. The van der Waals surface area contributed by atoms with Gasteiger partial charge in [-0.3, -0.25) is 4.79 Å². The molecule has 126 valence electrons. The van der Waals surface area contributed by atoms with Crippen molar-refractivity contribution in [3.05, 3.63) is 46.5 Å². The van der Waals surface area contributed by atoms with Gasteiger partial charge in [-0.2, -0.15) is 13.2 Å². The number of amides is 1. The summed E-state index contributed by atoms with van der Waals surface area (Å²) in [6.45, 7) is 3.59. The number of halogens is 4. The van der Waals surface area contributed by atoms with Crippen molar-refractivity contribution in [1.29, 1.82) is 0 Å². The van der Waals surface area contributed by atoms with Gasteiger partial charge in [0.2, 0.25) is 5.91 Å². The molecular weight excluding hydrogens is 379 g/mol. The molecule has 0 fully saturated rings. The van der Waals surface area contributed by atoms with Gasteiger partial charge in [-0.25, -0.2) is 4.79 Å². The number of carbonyl (C=O) groups excluding carboxylic acids is 2. The SMILES string of the molecule is C=C(Br)C[C@H](NC(=O)Cc1ccc(C(F)(F)F)cc1)C(=O)OC. The van der Waals surface area contributed by atoms with Gasteiger partial charge in [-0.1, -0.05) is 34.6 Å². The molecule has 0 saturated heterocycles. The lowest BCUT2D eigenvalue weighted by molar-refractivity contribution is -0.145. The van der Waals surface area contributed by atoms with Crippen molar-refractivity contribution in [3.8, 4) is 0 Å². The summed E-state index contributed by atoms with van der Waals surface area (Å²) in [4.78, 5) is 23.5. The third-order valence-corrected chi connectivity index (χ3v) is 3.22. The van der Waals surface area contributed by atoms with Crippen LogP contribution >= 0.6 is 15.9 Å². The van der Waals surface area contributed by atoms with Crippen molar-refractivity contribution in [2.24, 2.45) is 0 Å². The van der Waals surface area contributed by atoms with Gasteiger partial charge in [0.1, 0.15) is 6.04 Å². The number of carbonyl (C=O) groups is 2. The quantitative estimate of drug-likeness (QED) is 0.755. The van der Waals surface area contributed by atoms with E-state index in [1.807, 2.05) is 0 Å². The summed E-state index contributed by atoms with van der Waals surface area (Å²) in [6.07, 6.45) is -4.43. The van der Waals surface area contributed by atoms with Crippen LogP contribution in [0.5, 0.6) is 0 Å². The standard InChI is InChI=1S/C15H15BrF3NO3/c1-9(16)7-12(14(22)23-2)20-13(21)8-10-3-5-11(6-4-10)15(17,18)19/h3-6,12H,1,7-8H2,2H3,(H,20,21)/t12-/m0/s1. The van der Waals surface area contributed by atoms with Crippen LogP contribution < -0.4 is 5.32 Å². The van der Waals surface area contributed by atoms with E-state index in [1.54, 1.807) is 0 Å². The summed E-state index contributed by atoms with van der Waals surface area (Å²) < 4.78 is 42.5. The molecule has 1 atom stereocenters. The molecule has 1 aromatic rings. The molecule has 1 aromatic carbocycles. The maximum atomic E-state index is 12.5. The summed E-state index contributed by atoms with van der Waals surface area (Å²) in [5.41, 5.74) is -0.388. The van der Waals surface area contributed by atoms with Crippen LogP contribution in [0.1, 0.15) is 17.5 Å². The van der Waals surface area contributed by atoms with E-state index in [1.165, 1.54) is 19.2 Å². The van der Waals surface area contributed by atoms with E-state index in [2.05, 4.69) is 32.6 Å². The van der Waals surface area contributed by atoms with Gasteiger partial charge in [0.05, 0.1) is 19.1 Å². The second kappa shape index (κ2) is 8.14. The maximum Gasteiger partial charge on any atom is 0.416 e. The smallest absolute Gasteiger partial charge is 0.416 e. The van der Waals surface area contributed by atoms with Gasteiger partial charge in [0.15, 0.2) is 0 Å². The Morgan fingerprint density at radius 1 is 1.30 bits per heavy atom. The van der Waals surface area contributed by atoms with Crippen LogP contribution in [0.2, 0.25) is 0 Å². The highest BCUT2D eigenvalue weighted by molar-refractivity contribution is 9.11. The first kappa shape index (κ1) is 19.2. The van der Waals surface area contributed by atoms with E-state index < -0.39 is 29.7 Å². The minimum Gasteiger partial charge on any atom is -0.467 e. The number of hydrogen-bond donors (Lipinski definition) is 1. The predicted molar refractivity (Wildman–Crippen MR) is 81.8 cm³/mol. The molecule has 8 heteroatoms. The van der Waals surface area contributed by atoms with Crippen molar-refractivity contribution < 1.29 is 27.5 Å². The molecule has 0 radical (unpaired) electrons. The summed E-state index contributed by atoms with van der Waals surface area (Å²) in [6, 6.07) is 3.34. The van der Waals surface area contributed by atoms with Crippen molar-refractivity contribution >= 4 is 27.8 Å². The van der Waals surface area contributed by atoms with Gasteiger partial charge >= 0.3 is 12.1 Å². The summed E-state index contributed by atoms with van der Waals surface area (Å²) in [5, 5.41) is 2.47. The van der Waals surface area contributed by atoms with Crippen molar-refractivity contribution in [2.75, 3.05) is 7.11 Å². The molecular formula is C15H15BrF3NO3. The molecule has 0 unspecified atom stereocenters. The molecule has 0 aliphatic carbocycles. The highest BCUT2D eigenvalue weighted by Gasteiger charge is 2.30. The van der Waals surface area contributed by atoms with Crippen molar-refractivity contribution in [1.82, 2.24) is 5.32 Å². The van der Waals surface area contributed by atoms with E-state index >= 15 is 0 Å². The first-order valence-corrected chi connectivity index (χ1v) is 7.29. The molecule has 0 aromatic heterocycles. The van der Waals surface area contributed by atoms with E-state index in [0.717, 1.165) is 12.1 Å². The Morgan fingerprint density at radius 3 is 2.30 bits per heavy atom. The normalized spacial score (nSPS) is 12.4. The van der Waals surface area contributed by atoms with Gasteiger partial charge in [-0.15, -0.1) is 0 Å². The number of esters is 1. The zero-order valence-corrected chi connectivity index (χ0v) is 13.8. The van der Waals surface area contributed by atoms with E-state index in [4.69, 9.17) is 0 Å². The van der Waals surface area contributed by atoms with Crippen LogP contribution in [-0.2, 0) is 26.9 Å². The Kier molecular flexibility index (Phi) is 6.80. The molecule has 0 aliphatic heterocycles. The highest BCUT2D eigenvalue weighted by Crippen LogP contribution is 2.29. The van der Waals surface area contributed by atoms with E-state index in [-0.39, 0.29) is 12.8 Å². The second-order valence-corrected chi connectivity index (χ2v) is 5.86. The summed E-state index contributed by atoms with van der Waals surface area (Å²) in [7, 11) is 1.19. The maximum absolute atomic E-state index is 12.5. The largest absolute Gasteiger partial charge is 0.467 e. The van der Waals surface area contributed by atoms with Gasteiger partial charge < -0.3 is 10.1 Å². The fourth-order valence-corrected chi connectivity index (χ4v) is 2.12. The second-order valence-electron chi connectivity index (χ2n) is 4.74. The lowest BCUT2D eigenvalue weighted by Gasteiger charge is -2.16. The Hall–Kier alpha value is -1.83. The number of nitrogens with one attached hydrogen (secondary N) is 1. The van der Waals surface area contributed by atoms with Crippen molar-refractivity contribution in [2.45, 2.75) is 25.1 Å². The Bertz CT molecular complexity index is 585. The van der Waals surface area contributed by atoms with Crippen LogP contribution in [0, 0.1) is 0 Å². The first-order valence-electron chi connectivity index (χ1n) is 6.50. The monoisotopic (exact) mass is 393 g/mol. The highest BCUT2D eigenvalue weighted by atomic mass is 79.9. The molecule has 1 rings (SSSR count). The molecule has 23 heavy (non-hydrogen) atoms. The third kappa shape index (κ3) is 6.43. The van der Waals surface area contributed by atoms with Crippen LogP contribution in [0.25, 0.3) is 0 Å². The number of benzene rings is 1. The fraction of sp³-hybridized carbons (Fsp3) is 0.333. The lowest BCUT2D eigenvalue weighted by Crippen LogP contribution is -2.42. The number of ether oxygens (including phenoxy) is 1. The third-order valence-electron chi connectivity index (χ3n) is 2.89. The minimum absolute atomic E-state index is 0.144. The molecule has 1 N–H and O–H groups in total. The van der Waals surface area contributed by atoms with Crippen LogP contribution in [0.4, 0.5) is 13.2 Å². The van der Waals surface area contributed by atoms with Gasteiger partial charge in [0.25, 0.3) is 0 Å². The average molecular weight is 394 g/mol. The number of methoxy groups -OCH3 is 1. The topological polar surface area (TPSA) is 55.4 Å². The predicted octanol–water partition coefficient (Wildman–Crippen LogP) is 3.20. The molecule has 1 amide bonds. The van der Waals surface area contributed by atoms with Crippen LogP contribution in [0.15, 0.2) is 35.3 Å².